The van der Waals surface area contributed by atoms with Gasteiger partial charge in [0.15, 0.2) is 6.61 Å². The van der Waals surface area contributed by atoms with E-state index in [9.17, 15) is 30.8 Å². The van der Waals surface area contributed by atoms with E-state index in [1.807, 2.05) is 0 Å². The zero-order chi connectivity index (χ0) is 27.2. The molecular formula is C23H21ClFN3O7S2. The number of amides is 1. The van der Waals surface area contributed by atoms with E-state index < -0.39 is 56.8 Å². The van der Waals surface area contributed by atoms with Gasteiger partial charge in [-0.3, -0.25) is 9.59 Å². The van der Waals surface area contributed by atoms with Crippen LogP contribution in [0.2, 0.25) is 5.02 Å². The number of hydrogen-bond donors (Lipinski definition) is 3. The molecule has 0 saturated heterocycles. The van der Waals surface area contributed by atoms with Crippen molar-refractivity contribution in [2.24, 2.45) is 5.14 Å². The van der Waals surface area contributed by atoms with E-state index in [-0.39, 0.29) is 21.0 Å². The minimum Gasteiger partial charge on any atom is -0.456 e. The summed E-state index contributed by atoms with van der Waals surface area (Å²) in [4.78, 5) is 24.3. The fourth-order valence-corrected chi connectivity index (χ4v) is 4.95. The summed E-state index contributed by atoms with van der Waals surface area (Å²) in [6.07, 6.45) is -0.505. The van der Waals surface area contributed by atoms with Gasteiger partial charge in [0.1, 0.15) is 5.82 Å². The van der Waals surface area contributed by atoms with Gasteiger partial charge >= 0.3 is 5.97 Å². The highest BCUT2D eigenvalue weighted by atomic mass is 35.5. The van der Waals surface area contributed by atoms with Crippen LogP contribution in [-0.4, -0.2) is 35.3 Å². The number of rotatable bonds is 10. The molecule has 1 amide bonds. The Bertz CT molecular complexity index is 1480. The highest BCUT2D eigenvalue weighted by molar-refractivity contribution is 7.89. The first kappa shape index (κ1) is 28.2. The number of esters is 1. The predicted octanol–water partition coefficient (Wildman–Crippen LogP) is 2.72. The SMILES string of the molecule is NS(=O)(=O)c1ccc(NC(=O)COC(=O)C[C@@H](NS(=O)(=O)c2ccc(Cl)cc2)c2ccc(F)cc2)cc1. The van der Waals surface area contributed by atoms with Crippen molar-refractivity contribution in [2.75, 3.05) is 11.9 Å². The number of hydrogen-bond acceptors (Lipinski definition) is 7. The fourth-order valence-electron chi connectivity index (χ4n) is 3.09. The van der Waals surface area contributed by atoms with E-state index in [2.05, 4.69) is 10.0 Å². The predicted molar refractivity (Wildman–Crippen MR) is 133 cm³/mol. The topological polar surface area (TPSA) is 162 Å². The number of ether oxygens (including phenoxy) is 1. The van der Waals surface area contributed by atoms with Gasteiger partial charge < -0.3 is 10.1 Å². The van der Waals surface area contributed by atoms with Crippen molar-refractivity contribution < 1.29 is 35.6 Å². The summed E-state index contributed by atoms with van der Waals surface area (Å²) in [5.41, 5.74) is 0.517. The van der Waals surface area contributed by atoms with E-state index in [1.165, 1.54) is 60.7 Å². The highest BCUT2D eigenvalue weighted by Crippen LogP contribution is 2.22. The smallest absolute Gasteiger partial charge is 0.308 e. The van der Waals surface area contributed by atoms with Crippen LogP contribution in [0, 0.1) is 5.82 Å². The molecule has 3 rings (SSSR count). The van der Waals surface area contributed by atoms with E-state index in [0.29, 0.717) is 5.02 Å². The van der Waals surface area contributed by atoms with Crippen molar-refractivity contribution in [3.8, 4) is 0 Å². The molecule has 4 N–H and O–H groups in total. The molecule has 37 heavy (non-hydrogen) atoms. The molecule has 10 nitrogen and oxygen atoms in total. The van der Waals surface area contributed by atoms with Crippen LogP contribution in [0.25, 0.3) is 0 Å². The van der Waals surface area contributed by atoms with E-state index >= 15 is 0 Å². The van der Waals surface area contributed by atoms with Crippen molar-refractivity contribution in [3.05, 3.63) is 89.2 Å². The molecule has 0 aliphatic carbocycles. The van der Waals surface area contributed by atoms with Crippen molar-refractivity contribution >= 4 is 49.2 Å². The summed E-state index contributed by atoms with van der Waals surface area (Å²) < 4.78 is 69.0. The molecule has 0 aromatic heterocycles. The quantitative estimate of drug-likeness (QED) is 0.316. The number of carbonyl (C=O) groups is 2. The van der Waals surface area contributed by atoms with E-state index in [0.717, 1.165) is 12.1 Å². The molecule has 0 spiro atoms. The molecule has 0 radical (unpaired) electrons. The van der Waals surface area contributed by atoms with E-state index in [1.54, 1.807) is 0 Å². The molecule has 0 bridgehead atoms. The second kappa shape index (κ2) is 11.8. The molecule has 196 valence electrons. The van der Waals surface area contributed by atoms with Crippen LogP contribution in [0.4, 0.5) is 10.1 Å². The van der Waals surface area contributed by atoms with Gasteiger partial charge in [0, 0.05) is 10.7 Å². The molecule has 0 aliphatic heterocycles. The Kier molecular flexibility index (Phi) is 8.99. The summed E-state index contributed by atoms with van der Waals surface area (Å²) in [7, 11) is -8.00. The summed E-state index contributed by atoms with van der Waals surface area (Å²) in [5, 5.41) is 7.76. The standard InChI is InChI=1S/C23H21ClFN3O7S2/c24-16-3-9-20(10-4-16)37(33,34)28-21(15-1-5-17(25)6-2-15)13-23(30)35-14-22(29)27-18-7-11-19(12-8-18)36(26,31)32/h1-12,21,28H,13-14H2,(H,27,29)(H2,26,31,32)/t21-/m1/s1. The number of anilines is 1. The first-order valence-corrected chi connectivity index (χ1v) is 13.9. The average Bonchev–Trinajstić information content (AvgIpc) is 2.83. The number of halogens is 2. The van der Waals surface area contributed by atoms with E-state index in [4.69, 9.17) is 21.5 Å². The van der Waals surface area contributed by atoms with Gasteiger partial charge in [0.05, 0.1) is 22.3 Å². The Morgan fingerprint density at radius 1 is 0.892 bits per heavy atom. The maximum absolute atomic E-state index is 13.4. The Hall–Kier alpha value is -3.36. The number of primary sulfonamides is 1. The Balaban J connectivity index is 1.66. The summed E-state index contributed by atoms with van der Waals surface area (Å²) in [6, 6.07) is 14.0. The number of sulfonamides is 2. The molecule has 3 aromatic carbocycles. The minimum atomic E-state index is -4.11. The van der Waals surface area contributed by atoms with Crippen LogP contribution in [0.15, 0.2) is 82.6 Å². The van der Waals surface area contributed by atoms with Crippen molar-refractivity contribution in [2.45, 2.75) is 22.3 Å². The maximum Gasteiger partial charge on any atom is 0.308 e. The van der Waals surface area contributed by atoms with Crippen LogP contribution in [0.3, 0.4) is 0 Å². The molecule has 3 aromatic rings. The number of benzene rings is 3. The third-order valence-electron chi connectivity index (χ3n) is 4.90. The molecular weight excluding hydrogens is 549 g/mol. The van der Waals surface area contributed by atoms with Gasteiger partial charge in [0.2, 0.25) is 20.0 Å². The number of carbonyl (C=O) groups excluding carboxylic acids is 2. The van der Waals surface area contributed by atoms with Gasteiger partial charge in [-0.1, -0.05) is 23.7 Å². The third kappa shape index (κ3) is 8.33. The van der Waals surface area contributed by atoms with Gasteiger partial charge in [-0.15, -0.1) is 0 Å². The fraction of sp³-hybridized carbons (Fsp3) is 0.130. The van der Waals surface area contributed by atoms with Gasteiger partial charge in [-0.05, 0) is 66.2 Å². The molecule has 0 aliphatic rings. The lowest BCUT2D eigenvalue weighted by atomic mass is 10.1. The Labute approximate surface area is 217 Å². The largest absolute Gasteiger partial charge is 0.456 e. The Morgan fingerprint density at radius 2 is 1.46 bits per heavy atom. The first-order chi connectivity index (χ1) is 17.3. The Morgan fingerprint density at radius 3 is 2.03 bits per heavy atom. The zero-order valence-electron chi connectivity index (χ0n) is 18.9. The van der Waals surface area contributed by atoms with Gasteiger partial charge in [-0.25, -0.2) is 31.1 Å². The molecule has 0 unspecified atom stereocenters. The highest BCUT2D eigenvalue weighted by Gasteiger charge is 2.25. The minimum absolute atomic E-state index is 0.106. The summed E-state index contributed by atoms with van der Waals surface area (Å²) in [6.45, 7) is -0.699. The maximum atomic E-state index is 13.4. The van der Waals surface area contributed by atoms with Crippen LogP contribution in [0.1, 0.15) is 18.0 Å². The normalized spacial score (nSPS) is 12.5. The van der Waals surface area contributed by atoms with Gasteiger partial charge in [-0.2, -0.15) is 0 Å². The molecule has 0 fully saturated rings. The molecule has 0 saturated carbocycles. The third-order valence-corrected chi connectivity index (χ3v) is 7.56. The molecule has 1 atom stereocenters. The summed E-state index contributed by atoms with van der Waals surface area (Å²) >= 11 is 5.81. The zero-order valence-corrected chi connectivity index (χ0v) is 21.3. The first-order valence-electron chi connectivity index (χ1n) is 10.5. The lowest BCUT2D eigenvalue weighted by Crippen LogP contribution is -2.31. The van der Waals surface area contributed by atoms with Crippen molar-refractivity contribution in [1.82, 2.24) is 4.72 Å². The average molecular weight is 570 g/mol. The molecule has 14 heteroatoms. The van der Waals surface area contributed by atoms with Crippen LogP contribution < -0.4 is 15.2 Å². The van der Waals surface area contributed by atoms with Crippen LogP contribution in [-0.2, 0) is 34.4 Å². The summed E-state index contributed by atoms with van der Waals surface area (Å²) in [5.74, 6) is -2.19. The number of nitrogens with one attached hydrogen (secondary N) is 2. The van der Waals surface area contributed by atoms with Gasteiger partial charge in [0.25, 0.3) is 5.91 Å². The molecule has 0 heterocycles. The monoisotopic (exact) mass is 569 g/mol. The van der Waals surface area contributed by atoms with Crippen molar-refractivity contribution in [3.63, 3.8) is 0 Å². The van der Waals surface area contributed by atoms with Crippen LogP contribution in [0.5, 0.6) is 0 Å². The van der Waals surface area contributed by atoms with Crippen LogP contribution >= 0.6 is 11.6 Å². The second-order valence-corrected chi connectivity index (χ2v) is 11.4. The second-order valence-electron chi connectivity index (χ2n) is 7.66. The lowest BCUT2D eigenvalue weighted by molar-refractivity contribution is -0.147. The number of nitrogens with two attached hydrogens (primary N) is 1. The van der Waals surface area contributed by atoms with Crippen molar-refractivity contribution in [1.29, 1.82) is 0 Å². The lowest BCUT2D eigenvalue weighted by Gasteiger charge is -2.19.